The zero-order chi connectivity index (χ0) is 18.9. The normalized spacial score (nSPS) is 25.1. The lowest BCUT2D eigenvalue weighted by molar-refractivity contribution is -0.137. The second-order valence-electron chi connectivity index (χ2n) is 7.68. The molecule has 140 valence electrons. The van der Waals surface area contributed by atoms with Crippen molar-refractivity contribution in [1.29, 1.82) is 5.26 Å². The fraction of sp³-hybridized carbons (Fsp3) is 0.579. The molecule has 0 aromatic heterocycles. The Kier molecular flexibility index (Phi) is 5.35. The number of nitrogens with zero attached hydrogens (tertiary/aromatic N) is 3. The van der Waals surface area contributed by atoms with Gasteiger partial charge in [-0.25, -0.2) is 8.42 Å². The van der Waals surface area contributed by atoms with Crippen molar-refractivity contribution in [2.24, 2.45) is 5.92 Å². The van der Waals surface area contributed by atoms with Crippen LogP contribution in [-0.4, -0.2) is 60.8 Å². The minimum absolute atomic E-state index is 0.0518. The molecule has 0 saturated carbocycles. The number of benzene rings is 1. The van der Waals surface area contributed by atoms with Gasteiger partial charge in [0.15, 0.2) is 9.84 Å². The molecule has 1 amide bonds. The highest BCUT2D eigenvalue weighted by Crippen LogP contribution is 2.29. The van der Waals surface area contributed by atoms with E-state index in [1.54, 1.807) is 11.0 Å². The minimum Gasteiger partial charge on any atom is -0.336 e. The predicted molar refractivity (Wildman–Crippen MR) is 99.0 cm³/mol. The lowest BCUT2D eigenvalue weighted by Gasteiger charge is -2.44. The summed E-state index contributed by atoms with van der Waals surface area (Å²) in [6, 6.07) is 9.10. The molecule has 2 heterocycles. The summed E-state index contributed by atoms with van der Waals surface area (Å²) in [5, 5.41) is 9.07. The summed E-state index contributed by atoms with van der Waals surface area (Å²) in [7, 11) is -3.15. The number of carbonyl (C=O) groups is 1. The predicted octanol–water partition coefficient (Wildman–Crippen LogP) is 1.41. The van der Waals surface area contributed by atoms with Crippen molar-refractivity contribution in [1.82, 2.24) is 9.80 Å². The van der Waals surface area contributed by atoms with Crippen molar-refractivity contribution in [3.63, 3.8) is 0 Å². The zero-order valence-corrected chi connectivity index (χ0v) is 16.1. The van der Waals surface area contributed by atoms with Gasteiger partial charge < -0.3 is 4.90 Å². The zero-order valence-electron chi connectivity index (χ0n) is 15.3. The lowest BCUT2D eigenvalue weighted by Crippen LogP contribution is -2.60. The molecule has 0 bridgehead atoms. The minimum atomic E-state index is -3.15. The fourth-order valence-electron chi connectivity index (χ4n) is 3.97. The molecule has 2 fully saturated rings. The van der Waals surface area contributed by atoms with E-state index in [9.17, 15) is 13.2 Å². The van der Waals surface area contributed by atoms with Gasteiger partial charge in [-0.3, -0.25) is 9.69 Å². The van der Waals surface area contributed by atoms with Gasteiger partial charge in [0, 0.05) is 32.1 Å². The first-order valence-corrected chi connectivity index (χ1v) is 10.8. The lowest BCUT2D eigenvalue weighted by atomic mass is 10.0. The van der Waals surface area contributed by atoms with Crippen molar-refractivity contribution in [2.45, 2.75) is 38.9 Å². The Hall–Kier alpha value is -1.91. The molecule has 0 radical (unpaired) electrons. The van der Waals surface area contributed by atoms with Gasteiger partial charge in [0.05, 0.1) is 29.2 Å². The number of fused-ring (bicyclic) bond motifs is 1. The maximum atomic E-state index is 12.6. The molecule has 0 spiro atoms. The fourth-order valence-corrected chi connectivity index (χ4v) is 5.98. The van der Waals surface area contributed by atoms with Crippen LogP contribution in [0.1, 0.15) is 31.4 Å². The summed E-state index contributed by atoms with van der Waals surface area (Å²) in [6.45, 7) is 5.80. The Bertz CT molecular complexity index is 829. The van der Waals surface area contributed by atoms with Crippen LogP contribution < -0.4 is 0 Å². The highest BCUT2D eigenvalue weighted by Gasteiger charge is 2.47. The van der Waals surface area contributed by atoms with Crippen LogP contribution in [0.15, 0.2) is 24.3 Å². The maximum Gasteiger partial charge on any atom is 0.223 e. The number of hydrogen-bond acceptors (Lipinski definition) is 5. The molecule has 3 rings (SSSR count). The quantitative estimate of drug-likeness (QED) is 0.795. The van der Waals surface area contributed by atoms with E-state index in [4.69, 9.17) is 5.26 Å². The second kappa shape index (κ2) is 7.37. The highest BCUT2D eigenvalue weighted by atomic mass is 32.2. The molecule has 1 aromatic rings. The Morgan fingerprint density at radius 1 is 1.27 bits per heavy atom. The molecule has 6 nitrogen and oxygen atoms in total. The standard InChI is InChI=1S/C19H25N3O3S/c1-14(2)8-19(23)22-7-6-21(17-12-26(24,25)13-18(17)22)11-16-5-3-4-15(9-16)10-20/h3-5,9,14,17-18H,6-8,11-13H2,1-2H3/t17-,18+/m1/s1. The smallest absolute Gasteiger partial charge is 0.223 e. The van der Waals surface area contributed by atoms with Crippen molar-refractivity contribution >= 4 is 15.7 Å². The van der Waals surface area contributed by atoms with Crippen molar-refractivity contribution in [3.05, 3.63) is 35.4 Å². The number of nitriles is 1. The molecule has 0 aliphatic carbocycles. The van der Waals surface area contributed by atoms with Gasteiger partial charge in [-0.2, -0.15) is 5.26 Å². The first kappa shape index (κ1) is 18.9. The Morgan fingerprint density at radius 2 is 2.00 bits per heavy atom. The van der Waals surface area contributed by atoms with Crippen LogP contribution in [0.2, 0.25) is 0 Å². The van der Waals surface area contributed by atoms with Gasteiger partial charge in [0.25, 0.3) is 0 Å². The molecular weight excluding hydrogens is 350 g/mol. The van der Waals surface area contributed by atoms with E-state index in [0.717, 1.165) is 5.56 Å². The van der Waals surface area contributed by atoms with Gasteiger partial charge in [0.2, 0.25) is 5.91 Å². The maximum absolute atomic E-state index is 12.6. The van der Waals surface area contributed by atoms with Crippen LogP contribution in [0.25, 0.3) is 0 Å². The molecule has 7 heteroatoms. The molecular formula is C19H25N3O3S. The first-order chi connectivity index (χ1) is 12.3. The molecule has 2 atom stereocenters. The Labute approximate surface area is 155 Å². The highest BCUT2D eigenvalue weighted by molar-refractivity contribution is 7.91. The van der Waals surface area contributed by atoms with Crippen LogP contribution in [0.5, 0.6) is 0 Å². The summed E-state index contributed by atoms with van der Waals surface area (Å²) in [6.07, 6.45) is 0.452. The van der Waals surface area contributed by atoms with E-state index in [2.05, 4.69) is 11.0 Å². The summed E-state index contributed by atoms with van der Waals surface area (Å²) >= 11 is 0. The first-order valence-electron chi connectivity index (χ1n) is 9.02. The van der Waals surface area contributed by atoms with E-state index in [1.807, 2.05) is 32.0 Å². The van der Waals surface area contributed by atoms with Crippen LogP contribution in [0.4, 0.5) is 0 Å². The van der Waals surface area contributed by atoms with Crippen molar-refractivity contribution in [3.8, 4) is 6.07 Å². The van der Waals surface area contributed by atoms with Crippen LogP contribution in [0.3, 0.4) is 0 Å². The van der Waals surface area contributed by atoms with E-state index in [1.165, 1.54) is 0 Å². The Morgan fingerprint density at radius 3 is 2.69 bits per heavy atom. The van der Waals surface area contributed by atoms with Gasteiger partial charge in [-0.1, -0.05) is 26.0 Å². The monoisotopic (exact) mass is 375 g/mol. The average molecular weight is 375 g/mol. The molecule has 2 aliphatic heterocycles. The molecule has 2 aliphatic rings. The third-order valence-electron chi connectivity index (χ3n) is 5.14. The summed E-state index contributed by atoms with van der Waals surface area (Å²) < 4.78 is 24.6. The van der Waals surface area contributed by atoms with Crippen LogP contribution in [0, 0.1) is 17.2 Å². The van der Waals surface area contributed by atoms with Crippen LogP contribution >= 0.6 is 0 Å². The van der Waals surface area contributed by atoms with Crippen LogP contribution in [-0.2, 0) is 21.2 Å². The molecule has 0 unspecified atom stereocenters. The van der Waals surface area contributed by atoms with Crippen molar-refractivity contribution in [2.75, 3.05) is 24.6 Å². The number of carbonyl (C=O) groups excluding carboxylic acids is 1. The topological polar surface area (TPSA) is 81.5 Å². The van der Waals surface area contributed by atoms with Gasteiger partial charge in [-0.15, -0.1) is 0 Å². The Balaban J connectivity index is 1.80. The molecule has 2 saturated heterocycles. The number of rotatable bonds is 4. The van der Waals surface area contributed by atoms with Gasteiger partial charge >= 0.3 is 0 Å². The average Bonchev–Trinajstić information content (AvgIpc) is 2.90. The number of hydrogen-bond donors (Lipinski definition) is 0. The largest absolute Gasteiger partial charge is 0.336 e. The van der Waals surface area contributed by atoms with E-state index in [-0.39, 0.29) is 35.4 Å². The molecule has 26 heavy (non-hydrogen) atoms. The number of sulfone groups is 1. The van der Waals surface area contributed by atoms with E-state index >= 15 is 0 Å². The summed E-state index contributed by atoms with van der Waals surface area (Å²) in [4.78, 5) is 16.5. The van der Waals surface area contributed by atoms with E-state index < -0.39 is 9.84 Å². The van der Waals surface area contributed by atoms with Crippen molar-refractivity contribution < 1.29 is 13.2 Å². The third kappa shape index (κ3) is 4.08. The van der Waals surface area contributed by atoms with Gasteiger partial charge in [-0.05, 0) is 23.6 Å². The van der Waals surface area contributed by atoms with Gasteiger partial charge in [0.1, 0.15) is 0 Å². The number of piperazine rings is 1. The third-order valence-corrected chi connectivity index (χ3v) is 6.83. The summed E-state index contributed by atoms with van der Waals surface area (Å²) in [5.74, 6) is 0.459. The second-order valence-corrected chi connectivity index (χ2v) is 9.83. The van der Waals surface area contributed by atoms with E-state index in [0.29, 0.717) is 31.6 Å². The SMILES string of the molecule is CC(C)CC(=O)N1CCN(Cc2cccc(C#N)c2)[C@@H]2CS(=O)(=O)C[C@@H]21. The molecule has 1 aromatic carbocycles. The molecule has 0 N–H and O–H groups in total. The number of amides is 1. The summed E-state index contributed by atoms with van der Waals surface area (Å²) in [5.41, 5.74) is 1.60.